The van der Waals surface area contributed by atoms with E-state index in [-0.39, 0.29) is 17.2 Å². The van der Waals surface area contributed by atoms with Crippen molar-refractivity contribution in [2.24, 2.45) is 0 Å². The third kappa shape index (κ3) is 4.56. The molecule has 0 saturated carbocycles. The van der Waals surface area contributed by atoms with E-state index in [1.807, 2.05) is 32.0 Å². The van der Waals surface area contributed by atoms with E-state index in [1.165, 1.54) is 0 Å². The molecule has 0 saturated heterocycles. The highest BCUT2D eigenvalue weighted by molar-refractivity contribution is 9.10. The van der Waals surface area contributed by atoms with Gasteiger partial charge in [0.15, 0.2) is 6.61 Å². The summed E-state index contributed by atoms with van der Waals surface area (Å²) in [6.07, 6.45) is 0. The number of aryl methyl sites for hydroxylation is 2. The van der Waals surface area contributed by atoms with Crippen LogP contribution in [-0.4, -0.2) is 18.5 Å². The number of para-hydroxylation sites is 1. The van der Waals surface area contributed by atoms with Gasteiger partial charge in [0.25, 0.3) is 5.91 Å². The van der Waals surface area contributed by atoms with Gasteiger partial charge in [0.2, 0.25) is 0 Å². The molecule has 0 unspecified atom stereocenters. The van der Waals surface area contributed by atoms with Crippen LogP contribution in [0.3, 0.4) is 0 Å². The highest BCUT2D eigenvalue weighted by Gasteiger charge is 2.15. The van der Waals surface area contributed by atoms with E-state index in [0.717, 1.165) is 16.8 Å². The Morgan fingerprint density at radius 3 is 2.48 bits per heavy atom. The Bertz CT molecular complexity index is 741. The number of carbonyl (C=O) groups excluding carboxylic acids is 2. The Balaban J connectivity index is 1.99. The van der Waals surface area contributed by atoms with Gasteiger partial charge in [-0.05, 0) is 43.2 Å². The number of amides is 1. The molecular formula is C17H15BrClNO3. The van der Waals surface area contributed by atoms with Gasteiger partial charge in [0.05, 0.1) is 10.6 Å². The average molecular weight is 397 g/mol. The highest BCUT2D eigenvalue weighted by Crippen LogP contribution is 2.22. The molecule has 120 valence electrons. The van der Waals surface area contributed by atoms with Gasteiger partial charge in [-0.25, -0.2) is 4.79 Å². The zero-order valence-corrected chi connectivity index (χ0v) is 15.0. The van der Waals surface area contributed by atoms with Crippen LogP contribution in [0.1, 0.15) is 21.5 Å². The molecule has 6 heteroatoms. The maximum Gasteiger partial charge on any atom is 0.340 e. The van der Waals surface area contributed by atoms with E-state index in [9.17, 15) is 9.59 Å². The largest absolute Gasteiger partial charge is 0.452 e. The van der Waals surface area contributed by atoms with Crippen molar-refractivity contribution < 1.29 is 14.3 Å². The van der Waals surface area contributed by atoms with Crippen molar-refractivity contribution >= 4 is 45.1 Å². The molecule has 2 aromatic carbocycles. The van der Waals surface area contributed by atoms with Crippen LogP contribution in [0.4, 0.5) is 5.69 Å². The molecule has 0 spiro atoms. The normalized spacial score (nSPS) is 10.3. The Labute approximate surface area is 147 Å². The number of benzene rings is 2. The summed E-state index contributed by atoms with van der Waals surface area (Å²) in [5.41, 5.74) is 2.83. The first kappa shape index (κ1) is 17.5. The van der Waals surface area contributed by atoms with Crippen LogP contribution < -0.4 is 5.32 Å². The summed E-state index contributed by atoms with van der Waals surface area (Å²) in [4.78, 5) is 24.0. The van der Waals surface area contributed by atoms with E-state index >= 15 is 0 Å². The van der Waals surface area contributed by atoms with Crippen molar-refractivity contribution in [3.63, 3.8) is 0 Å². The number of rotatable bonds is 4. The number of hydrogen-bond donors (Lipinski definition) is 1. The molecular weight excluding hydrogens is 382 g/mol. The molecule has 23 heavy (non-hydrogen) atoms. The van der Waals surface area contributed by atoms with E-state index in [2.05, 4.69) is 21.2 Å². The second-order valence-corrected chi connectivity index (χ2v) is 6.34. The number of anilines is 1. The summed E-state index contributed by atoms with van der Waals surface area (Å²) in [5, 5.41) is 3.02. The van der Waals surface area contributed by atoms with Crippen molar-refractivity contribution in [2.45, 2.75) is 13.8 Å². The zero-order chi connectivity index (χ0) is 17.0. The molecule has 0 fully saturated rings. The molecule has 0 atom stereocenters. The summed E-state index contributed by atoms with van der Waals surface area (Å²) >= 11 is 9.21. The van der Waals surface area contributed by atoms with Crippen molar-refractivity contribution in [1.29, 1.82) is 0 Å². The Morgan fingerprint density at radius 1 is 1.17 bits per heavy atom. The number of hydrogen-bond acceptors (Lipinski definition) is 3. The minimum Gasteiger partial charge on any atom is -0.452 e. The number of halogens is 2. The molecule has 2 rings (SSSR count). The lowest BCUT2D eigenvalue weighted by Crippen LogP contribution is -2.22. The second kappa shape index (κ2) is 7.62. The highest BCUT2D eigenvalue weighted by atomic mass is 79.9. The predicted molar refractivity (Wildman–Crippen MR) is 94.0 cm³/mol. The van der Waals surface area contributed by atoms with Crippen LogP contribution in [0.25, 0.3) is 0 Å². The van der Waals surface area contributed by atoms with Gasteiger partial charge >= 0.3 is 5.97 Å². The van der Waals surface area contributed by atoms with Gasteiger partial charge in [-0.3, -0.25) is 4.79 Å². The molecule has 1 N–H and O–H groups in total. The summed E-state index contributed by atoms with van der Waals surface area (Å²) in [5.74, 6) is -1.05. The molecule has 4 nitrogen and oxygen atoms in total. The van der Waals surface area contributed by atoms with Crippen LogP contribution in [0, 0.1) is 13.8 Å². The van der Waals surface area contributed by atoms with E-state index in [1.54, 1.807) is 18.2 Å². The minimum atomic E-state index is -0.645. The lowest BCUT2D eigenvalue weighted by Gasteiger charge is -2.12. The molecule has 0 aliphatic heterocycles. The lowest BCUT2D eigenvalue weighted by atomic mass is 10.1. The fourth-order valence-electron chi connectivity index (χ4n) is 2.05. The summed E-state index contributed by atoms with van der Waals surface area (Å²) in [6, 6.07) is 10.6. The number of carbonyl (C=O) groups is 2. The Hall–Kier alpha value is -1.85. The van der Waals surface area contributed by atoms with E-state index in [0.29, 0.717) is 4.47 Å². The molecule has 0 heterocycles. The third-order valence-electron chi connectivity index (χ3n) is 3.23. The van der Waals surface area contributed by atoms with Crippen LogP contribution in [-0.2, 0) is 9.53 Å². The van der Waals surface area contributed by atoms with Crippen molar-refractivity contribution in [1.82, 2.24) is 0 Å². The minimum absolute atomic E-state index is 0.209. The Morgan fingerprint density at radius 2 is 1.83 bits per heavy atom. The smallest absolute Gasteiger partial charge is 0.340 e. The fourth-order valence-corrected chi connectivity index (χ4v) is 2.61. The quantitative estimate of drug-likeness (QED) is 0.773. The lowest BCUT2D eigenvalue weighted by molar-refractivity contribution is -0.119. The molecule has 0 radical (unpaired) electrons. The van der Waals surface area contributed by atoms with Crippen LogP contribution >= 0.6 is 27.5 Å². The maximum absolute atomic E-state index is 12.0. The summed E-state index contributed by atoms with van der Waals surface area (Å²) in [6.45, 7) is 3.42. The first-order chi connectivity index (χ1) is 10.9. The van der Waals surface area contributed by atoms with Crippen LogP contribution in [0.5, 0.6) is 0 Å². The van der Waals surface area contributed by atoms with Crippen molar-refractivity contribution in [3.8, 4) is 0 Å². The molecule has 0 aliphatic rings. The number of ether oxygens (including phenoxy) is 1. The second-order valence-electron chi connectivity index (χ2n) is 5.02. The van der Waals surface area contributed by atoms with Gasteiger partial charge in [0, 0.05) is 10.2 Å². The monoisotopic (exact) mass is 395 g/mol. The van der Waals surface area contributed by atoms with E-state index in [4.69, 9.17) is 16.3 Å². The van der Waals surface area contributed by atoms with Gasteiger partial charge in [-0.1, -0.05) is 45.7 Å². The molecule has 0 bridgehead atoms. The zero-order valence-electron chi connectivity index (χ0n) is 12.7. The van der Waals surface area contributed by atoms with E-state index < -0.39 is 11.9 Å². The van der Waals surface area contributed by atoms with Gasteiger partial charge < -0.3 is 10.1 Å². The molecule has 2 aromatic rings. The average Bonchev–Trinajstić information content (AvgIpc) is 2.51. The van der Waals surface area contributed by atoms with Gasteiger partial charge in [-0.15, -0.1) is 0 Å². The van der Waals surface area contributed by atoms with Crippen molar-refractivity contribution in [2.75, 3.05) is 11.9 Å². The van der Waals surface area contributed by atoms with Gasteiger partial charge in [0.1, 0.15) is 0 Å². The topological polar surface area (TPSA) is 55.4 Å². The Kier molecular flexibility index (Phi) is 5.80. The molecule has 1 amide bonds. The summed E-state index contributed by atoms with van der Waals surface area (Å²) < 4.78 is 5.72. The number of nitrogens with one attached hydrogen (secondary N) is 1. The first-order valence-electron chi connectivity index (χ1n) is 6.86. The standard InChI is InChI=1S/C17H15BrClNO3/c1-10-4-3-5-11(2)16(10)20-15(21)9-23-17(22)13-8-12(18)6-7-14(13)19/h3-8H,9H2,1-2H3,(H,20,21). The maximum atomic E-state index is 12.0. The van der Waals surface area contributed by atoms with Crippen molar-refractivity contribution in [3.05, 3.63) is 62.6 Å². The summed E-state index contributed by atoms with van der Waals surface area (Å²) in [7, 11) is 0. The fraction of sp³-hybridized carbons (Fsp3) is 0.176. The predicted octanol–water partition coefficient (Wildman–Crippen LogP) is 4.51. The van der Waals surface area contributed by atoms with Gasteiger partial charge in [-0.2, -0.15) is 0 Å². The SMILES string of the molecule is Cc1cccc(C)c1NC(=O)COC(=O)c1cc(Br)ccc1Cl. The van der Waals surface area contributed by atoms with Crippen LogP contribution in [0.15, 0.2) is 40.9 Å². The molecule has 0 aliphatic carbocycles. The first-order valence-corrected chi connectivity index (χ1v) is 8.04. The third-order valence-corrected chi connectivity index (χ3v) is 4.05. The molecule has 0 aromatic heterocycles. The van der Waals surface area contributed by atoms with Crippen LogP contribution in [0.2, 0.25) is 5.02 Å². The number of esters is 1.